The van der Waals surface area contributed by atoms with Crippen LogP contribution in [-0.4, -0.2) is 44.4 Å². The highest BCUT2D eigenvalue weighted by Crippen LogP contribution is 2.23. The summed E-state index contributed by atoms with van der Waals surface area (Å²) in [4.78, 5) is 34.7. The van der Waals surface area contributed by atoms with Crippen LogP contribution in [0.3, 0.4) is 0 Å². The summed E-state index contributed by atoms with van der Waals surface area (Å²) in [5.41, 5.74) is 0.217. The summed E-state index contributed by atoms with van der Waals surface area (Å²) in [7, 11) is 3.29. The standard InChI is InChI=1S/C22H23FN6O5S/c1-13(24-19(30)10-14-4-7-16(34-3)8-5-14)21-26-27-22(28(21)2)35-12-20(31)25-15-6-9-17(23)18(11-15)29(32)33/h4-9,11,13H,10,12H2,1-3H3,(H,24,30)(H,25,31). The number of rotatable bonds is 10. The largest absolute Gasteiger partial charge is 0.497 e. The quantitative estimate of drug-likeness (QED) is 0.245. The van der Waals surface area contributed by atoms with Crippen LogP contribution in [0.5, 0.6) is 5.75 Å². The molecule has 1 heterocycles. The van der Waals surface area contributed by atoms with Crippen molar-refractivity contribution in [1.29, 1.82) is 0 Å². The number of hydrogen-bond acceptors (Lipinski definition) is 8. The van der Waals surface area contributed by atoms with Gasteiger partial charge in [-0.3, -0.25) is 19.7 Å². The number of nitrogens with zero attached hydrogens (tertiary/aromatic N) is 4. The summed E-state index contributed by atoms with van der Waals surface area (Å²) < 4.78 is 20.2. The molecule has 2 aromatic carbocycles. The zero-order valence-electron chi connectivity index (χ0n) is 19.1. The molecule has 0 bridgehead atoms. The van der Waals surface area contributed by atoms with E-state index in [0.717, 1.165) is 29.5 Å². The number of carbonyl (C=O) groups is 2. The normalized spacial score (nSPS) is 11.5. The third-order valence-electron chi connectivity index (χ3n) is 4.92. The fourth-order valence-corrected chi connectivity index (χ4v) is 3.89. The van der Waals surface area contributed by atoms with Crippen molar-refractivity contribution < 1.29 is 23.6 Å². The van der Waals surface area contributed by atoms with E-state index >= 15 is 0 Å². The minimum absolute atomic E-state index is 0.0602. The van der Waals surface area contributed by atoms with Crippen molar-refractivity contribution >= 4 is 35.0 Å². The second kappa shape index (κ2) is 11.4. The first-order valence-corrected chi connectivity index (χ1v) is 11.3. The molecule has 0 fully saturated rings. The van der Waals surface area contributed by atoms with Gasteiger partial charge in [0.2, 0.25) is 17.6 Å². The molecule has 0 aliphatic heterocycles. The highest BCUT2D eigenvalue weighted by molar-refractivity contribution is 7.99. The summed E-state index contributed by atoms with van der Waals surface area (Å²) >= 11 is 1.10. The number of anilines is 1. The molecule has 1 aromatic heterocycles. The lowest BCUT2D eigenvalue weighted by molar-refractivity contribution is -0.387. The first kappa shape index (κ1) is 25.6. The molecule has 0 saturated carbocycles. The van der Waals surface area contributed by atoms with Crippen molar-refractivity contribution in [3.8, 4) is 5.75 Å². The maximum Gasteiger partial charge on any atom is 0.306 e. The molecule has 11 nitrogen and oxygen atoms in total. The fraction of sp³-hybridized carbons (Fsp3) is 0.273. The smallest absolute Gasteiger partial charge is 0.306 e. The van der Waals surface area contributed by atoms with Crippen molar-refractivity contribution in [2.45, 2.75) is 24.5 Å². The Kier molecular flexibility index (Phi) is 8.36. The van der Waals surface area contributed by atoms with Crippen molar-refractivity contribution in [3.63, 3.8) is 0 Å². The van der Waals surface area contributed by atoms with E-state index in [9.17, 15) is 24.1 Å². The lowest BCUT2D eigenvalue weighted by Gasteiger charge is -2.14. The SMILES string of the molecule is COc1ccc(CC(=O)NC(C)c2nnc(SCC(=O)Nc3ccc(F)c([N+](=O)[O-])c3)n2C)cc1. The number of nitrogens with one attached hydrogen (secondary N) is 2. The van der Waals surface area contributed by atoms with Crippen LogP contribution in [0, 0.1) is 15.9 Å². The molecule has 2 amide bonds. The zero-order chi connectivity index (χ0) is 25.5. The molecule has 3 rings (SSSR count). The number of ether oxygens (including phenoxy) is 1. The van der Waals surface area contributed by atoms with Gasteiger partial charge in [0, 0.05) is 18.8 Å². The van der Waals surface area contributed by atoms with Crippen LogP contribution in [0.2, 0.25) is 0 Å². The molecule has 0 saturated heterocycles. The third-order valence-corrected chi connectivity index (χ3v) is 5.94. The predicted molar refractivity (Wildman–Crippen MR) is 127 cm³/mol. The summed E-state index contributed by atoms with van der Waals surface area (Å²) in [5, 5.41) is 24.8. The van der Waals surface area contributed by atoms with E-state index in [4.69, 9.17) is 4.74 Å². The van der Waals surface area contributed by atoms with Crippen LogP contribution in [0.1, 0.15) is 24.4 Å². The maximum absolute atomic E-state index is 13.4. The average Bonchev–Trinajstić information content (AvgIpc) is 3.19. The highest BCUT2D eigenvalue weighted by atomic mass is 32.2. The van der Waals surface area contributed by atoms with E-state index in [1.54, 1.807) is 37.8 Å². The fourth-order valence-electron chi connectivity index (χ4n) is 3.17. The Morgan fingerprint density at radius 1 is 1.20 bits per heavy atom. The van der Waals surface area contributed by atoms with Gasteiger partial charge in [0.25, 0.3) is 0 Å². The van der Waals surface area contributed by atoms with Gasteiger partial charge < -0.3 is 19.9 Å². The number of thioether (sulfide) groups is 1. The molecule has 0 aliphatic rings. The Bertz CT molecular complexity index is 1230. The second-order valence-corrected chi connectivity index (χ2v) is 8.42. The number of carbonyl (C=O) groups excluding carboxylic acids is 2. The summed E-state index contributed by atoms with van der Waals surface area (Å²) in [6.07, 6.45) is 0.190. The van der Waals surface area contributed by atoms with Gasteiger partial charge in [-0.15, -0.1) is 10.2 Å². The van der Waals surface area contributed by atoms with E-state index in [2.05, 4.69) is 20.8 Å². The molecule has 35 heavy (non-hydrogen) atoms. The zero-order valence-corrected chi connectivity index (χ0v) is 20.0. The molecule has 0 spiro atoms. The minimum Gasteiger partial charge on any atom is -0.497 e. The lowest BCUT2D eigenvalue weighted by atomic mass is 10.1. The van der Waals surface area contributed by atoms with Gasteiger partial charge >= 0.3 is 5.69 Å². The first-order chi connectivity index (χ1) is 16.7. The number of nitro benzene ring substituents is 1. The second-order valence-electron chi connectivity index (χ2n) is 7.47. The van der Waals surface area contributed by atoms with Crippen molar-refractivity contribution in [2.24, 2.45) is 7.05 Å². The number of halogens is 1. The summed E-state index contributed by atoms with van der Waals surface area (Å²) in [6, 6.07) is 9.87. The number of benzene rings is 2. The molecule has 13 heteroatoms. The van der Waals surface area contributed by atoms with Crippen molar-refractivity contribution in [3.05, 3.63) is 69.8 Å². The molecule has 3 aromatic rings. The Labute approximate surface area is 204 Å². The Hall–Kier alpha value is -4.00. The molecule has 2 N–H and O–H groups in total. The molecular weight excluding hydrogens is 479 g/mol. The van der Waals surface area contributed by atoms with Crippen LogP contribution in [0.4, 0.5) is 15.8 Å². The molecular formula is C22H23FN6O5S. The topological polar surface area (TPSA) is 141 Å². The molecule has 184 valence electrons. The van der Waals surface area contributed by atoms with E-state index < -0.39 is 28.4 Å². The first-order valence-electron chi connectivity index (χ1n) is 10.4. The van der Waals surface area contributed by atoms with Crippen LogP contribution in [0.15, 0.2) is 47.6 Å². The summed E-state index contributed by atoms with van der Waals surface area (Å²) in [5.74, 6) is -0.479. The Morgan fingerprint density at radius 2 is 1.91 bits per heavy atom. The van der Waals surface area contributed by atoms with Gasteiger partial charge in [-0.05, 0) is 36.8 Å². The highest BCUT2D eigenvalue weighted by Gasteiger charge is 2.19. The van der Waals surface area contributed by atoms with Gasteiger partial charge in [0.1, 0.15) is 5.75 Å². The molecule has 1 atom stereocenters. The molecule has 0 aliphatic carbocycles. The van der Waals surface area contributed by atoms with E-state index in [1.807, 2.05) is 12.1 Å². The number of methoxy groups -OCH3 is 1. The monoisotopic (exact) mass is 502 g/mol. The maximum atomic E-state index is 13.4. The summed E-state index contributed by atoms with van der Waals surface area (Å²) in [6.45, 7) is 1.78. The van der Waals surface area contributed by atoms with E-state index in [0.29, 0.717) is 16.7 Å². The van der Waals surface area contributed by atoms with Crippen molar-refractivity contribution in [1.82, 2.24) is 20.1 Å². The predicted octanol–water partition coefficient (Wildman–Crippen LogP) is 3.02. The minimum atomic E-state index is -0.987. The number of hydrogen-bond donors (Lipinski definition) is 2. The van der Waals surface area contributed by atoms with Crippen LogP contribution in [-0.2, 0) is 23.1 Å². The Balaban J connectivity index is 1.54. The van der Waals surface area contributed by atoms with Gasteiger partial charge in [0.15, 0.2) is 11.0 Å². The van der Waals surface area contributed by atoms with Crippen LogP contribution >= 0.6 is 11.8 Å². The molecule has 0 radical (unpaired) electrons. The van der Waals surface area contributed by atoms with E-state index in [1.165, 1.54) is 6.07 Å². The number of aromatic nitrogens is 3. The third kappa shape index (κ3) is 6.76. The van der Waals surface area contributed by atoms with Crippen LogP contribution < -0.4 is 15.4 Å². The van der Waals surface area contributed by atoms with Crippen molar-refractivity contribution in [2.75, 3.05) is 18.2 Å². The van der Waals surface area contributed by atoms with Crippen LogP contribution in [0.25, 0.3) is 0 Å². The number of amides is 2. The van der Waals surface area contributed by atoms with Gasteiger partial charge in [-0.25, -0.2) is 0 Å². The van der Waals surface area contributed by atoms with Gasteiger partial charge in [0.05, 0.1) is 30.2 Å². The number of nitro groups is 1. The van der Waals surface area contributed by atoms with E-state index in [-0.39, 0.29) is 23.8 Å². The van der Waals surface area contributed by atoms with Gasteiger partial charge in [-0.2, -0.15) is 4.39 Å². The molecule has 1 unspecified atom stereocenters. The van der Waals surface area contributed by atoms with Gasteiger partial charge in [-0.1, -0.05) is 23.9 Å². The Morgan fingerprint density at radius 3 is 2.57 bits per heavy atom. The average molecular weight is 503 g/mol. The lowest BCUT2D eigenvalue weighted by Crippen LogP contribution is -2.29.